The van der Waals surface area contributed by atoms with Crippen molar-refractivity contribution in [2.45, 2.75) is 32.2 Å². The molecule has 1 saturated heterocycles. The van der Waals surface area contributed by atoms with Gasteiger partial charge in [-0.1, -0.05) is 0 Å². The topological polar surface area (TPSA) is 69.6 Å². The molecular weight excluding hydrogens is 263 g/mol. The molecule has 1 atom stereocenters. The van der Waals surface area contributed by atoms with Gasteiger partial charge in [0.2, 0.25) is 0 Å². The van der Waals surface area contributed by atoms with Gasteiger partial charge in [-0.2, -0.15) is 0 Å². The molecule has 5 nitrogen and oxygen atoms in total. The molecule has 6 heteroatoms. The molecule has 0 aliphatic carbocycles. The van der Waals surface area contributed by atoms with E-state index in [1.807, 2.05) is 0 Å². The van der Waals surface area contributed by atoms with Gasteiger partial charge in [0.1, 0.15) is 11.4 Å². The van der Waals surface area contributed by atoms with Gasteiger partial charge in [0.05, 0.1) is 0 Å². The van der Waals surface area contributed by atoms with E-state index in [-0.39, 0.29) is 0 Å². The van der Waals surface area contributed by atoms with E-state index >= 15 is 0 Å². The number of nitrogens with one attached hydrogen (secondary N) is 1. The highest BCUT2D eigenvalue weighted by Gasteiger charge is 2.46. The Hall–Kier alpha value is -2.11. The first-order chi connectivity index (χ1) is 9.33. The van der Waals surface area contributed by atoms with Crippen LogP contribution in [0.15, 0.2) is 18.2 Å². The van der Waals surface area contributed by atoms with Crippen LogP contribution in [-0.4, -0.2) is 34.1 Å². The first-order valence-corrected chi connectivity index (χ1v) is 6.42. The van der Waals surface area contributed by atoms with Crippen molar-refractivity contribution in [2.24, 2.45) is 0 Å². The number of benzene rings is 1. The van der Waals surface area contributed by atoms with Gasteiger partial charge in [0, 0.05) is 12.2 Å². The van der Waals surface area contributed by atoms with Gasteiger partial charge in [-0.25, -0.2) is 14.0 Å². The quantitative estimate of drug-likeness (QED) is 0.874. The van der Waals surface area contributed by atoms with Crippen molar-refractivity contribution in [1.29, 1.82) is 0 Å². The van der Waals surface area contributed by atoms with E-state index in [9.17, 15) is 19.1 Å². The van der Waals surface area contributed by atoms with Gasteiger partial charge >= 0.3 is 12.0 Å². The van der Waals surface area contributed by atoms with Crippen molar-refractivity contribution in [1.82, 2.24) is 4.90 Å². The smallest absolute Gasteiger partial charge is 0.329 e. The fourth-order valence-corrected chi connectivity index (χ4v) is 2.51. The second kappa shape index (κ2) is 5.11. The Morgan fingerprint density at radius 2 is 2.10 bits per heavy atom. The van der Waals surface area contributed by atoms with E-state index in [1.165, 1.54) is 24.0 Å². The van der Waals surface area contributed by atoms with Crippen molar-refractivity contribution in [3.8, 4) is 0 Å². The van der Waals surface area contributed by atoms with Crippen LogP contribution in [0.2, 0.25) is 0 Å². The summed E-state index contributed by atoms with van der Waals surface area (Å²) in [5, 5.41) is 11.8. The zero-order valence-electron chi connectivity index (χ0n) is 11.4. The van der Waals surface area contributed by atoms with Gasteiger partial charge < -0.3 is 15.3 Å². The first kappa shape index (κ1) is 14.3. The summed E-state index contributed by atoms with van der Waals surface area (Å²) >= 11 is 0. The molecule has 2 rings (SSSR count). The molecule has 20 heavy (non-hydrogen) atoms. The highest BCUT2D eigenvalue weighted by molar-refractivity contribution is 5.94. The lowest BCUT2D eigenvalue weighted by atomic mass is 10.00. The second-order valence-corrected chi connectivity index (χ2v) is 5.28. The summed E-state index contributed by atoms with van der Waals surface area (Å²) < 4.78 is 13.3. The maximum atomic E-state index is 13.3. The predicted molar refractivity (Wildman–Crippen MR) is 72.1 cm³/mol. The molecular formula is C14H17FN2O3. The third kappa shape index (κ3) is 2.59. The number of rotatable bonds is 2. The van der Waals surface area contributed by atoms with Crippen LogP contribution in [0.5, 0.6) is 0 Å². The van der Waals surface area contributed by atoms with E-state index in [0.717, 1.165) is 0 Å². The fraction of sp³-hybridized carbons (Fsp3) is 0.429. The maximum absolute atomic E-state index is 13.3. The third-order valence-electron chi connectivity index (χ3n) is 3.64. The largest absolute Gasteiger partial charge is 0.480 e. The number of hydrogen-bond donors (Lipinski definition) is 2. The highest BCUT2D eigenvalue weighted by Crippen LogP contribution is 2.30. The molecule has 0 aromatic heterocycles. The normalized spacial score (nSPS) is 21.9. The molecule has 2 amide bonds. The Kier molecular flexibility index (Phi) is 3.65. The number of hydrogen-bond acceptors (Lipinski definition) is 2. The molecule has 0 bridgehead atoms. The van der Waals surface area contributed by atoms with E-state index in [1.54, 1.807) is 13.0 Å². The lowest BCUT2D eigenvalue weighted by Gasteiger charge is -2.31. The Labute approximate surface area is 116 Å². The second-order valence-electron chi connectivity index (χ2n) is 5.28. The van der Waals surface area contributed by atoms with Gasteiger partial charge in [-0.05, 0) is 50.5 Å². The predicted octanol–water partition coefficient (Wildman–Crippen LogP) is 2.61. The molecule has 1 aromatic rings. The van der Waals surface area contributed by atoms with E-state index in [2.05, 4.69) is 5.32 Å². The van der Waals surface area contributed by atoms with Crippen molar-refractivity contribution < 1.29 is 19.1 Å². The number of carbonyl (C=O) groups excluding carboxylic acids is 1. The summed E-state index contributed by atoms with van der Waals surface area (Å²) in [5.74, 6) is -1.47. The Bertz CT molecular complexity index is 541. The number of aliphatic carboxylic acids is 1. The van der Waals surface area contributed by atoms with E-state index in [0.29, 0.717) is 30.6 Å². The summed E-state index contributed by atoms with van der Waals surface area (Å²) in [6.45, 7) is 3.62. The minimum absolute atomic E-state index is 0.326. The number of urea groups is 1. The molecule has 1 aliphatic rings. The Morgan fingerprint density at radius 1 is 1.40 bits per heavy atom. The van der Waals surface area contributed by atoms with Gasteiger partial charge in [-0.15, -0.1) is 0 Å². The zero-order chi connectivity index (χ0) is 14.9. The minimum Gasteiger partial charge on any atom is -0.480 e. The number of amides is 2. The maximum Gasteiger partial charge on any atom is 0.329 e. The van der Waals surface area contributed by atoms with Gasteiger partial charge in [0.25, 0.3) is 0 Å². The molecule has 2 N–H and O–H groups in total. The monoisotopic (exact) mass is 280 g/mol. The zero-order valence-corrected chi connectivity index (χ0v) is 11.4. The third-order valence-corrected chi connectivity index (χ3v) is 3.64. The van der Waals surface area contributed by atoms with Gasteiger partial charge in [0.15, 0.2) is 0 Å². The van der Waals surface area contributed by atoms with Crippen molar-refractivity contribution >= 4 is 17.7 Å². The molecule has 0 saturated carbocycles. The van der Waals surface area contributed by atoms with Crippen LogP contribution in [0.1, 0.15) is 25.3 Å². The van der Waals surface area contributed by atoms with Crippen molar-refractivity contribution in [3.05, 3.63) is 29.6 Å². The molecule has 1 unspecified atom stereocenters. The highest BCUT2D eigenvalue weighted by atomic mass is 19.1. The van der Waals surface area contributed by atoms with Crippen LogP contribution in [0.25, 0.3) is 0 Å². The van der Waals surface area contributed by atoms with Crippen LogP contribution in [0.3, 0.4) is 0 Å². The van der Waals surface area contributed by atoms with E-state index in [4.69, 9.17) is 0 Å². The molecule has 1 fully saturated rings. The van der Waals surface area contributed by atoms with E-state index < -0.39 is 23.4 Å². The number of nitrogens with zero attached hydrogens (tertiary/aromatic N) is 1. The average Bonchev–Trinajstić information content (AvgIpc) is 2.71. The molecule has 1 aliphatic heterocycles. The SMILES string of the molecule is Cc1cc(F)cc(NC(=O)N2CCCC2(C)C(=O)O)c1. The summed E-state index contributed by atoms with van der Waals surface area (Å²) in [6.07, 6.45) is 1.05. The van der Waals surface area contributed by atoms with Gasteiger partial charge in [-0.3, -0.25) is 0 Å². The van der Waals surface area contributed by atoms with Crippen LogP contribution in [0, 0.1) is 12.7 Å². The summed E-state index contributed by atoms with van der Waals surface area (Å²) in [5.41, 5.74) is -0.193. The van der Waals surface area contributed by atoms with Crippen LogP contribution in [0.4, 0.5) is 14.9 Å². The lowest BCUT2D eigenvalue weighted by molar-refractivity contribution is -0.146. The minimum atomic E-state index is -1.20. The number of halogens is 1. The Balaban J connectivity index is 2.17. The number of likely N-dealkylation sites (tertiary alicyclic amines) is 1. The number of anilines is 1. The van der Waals surface area contributed by atoms with Crippen molar-refractivity contribution in [3.63, 3.8) is 0 Å². The molecule has 108 valence electrons. The molecule has 0 radical (unpaired) electrons. The number of carbonyl (C=O) groups is 2. The van der Waals surface area contributed by atoms with Crippen molar-refractivity contribution in [2.75, 3.05) is 11.9 Å². The summed E-state index contributed by atoms with van der Waals surface area (Å²) in [7, 11) is 0. The molecule has 0 spiro atoms. The average molecular weight is 280 g/mol. The Morgan fingerprint density at radius 3 is 2.70 bits per heavy atom. The summed E-state index contributed by atoms with van der Waals surface area (Å²) in [4.78, 5) is 24.8. The molecule has 1 aromatic carbocycles. The number of carboxylic acid groups (broad SMARTS) is 1. The number of carboxylic acids is 1. The standard InChI is InChI=1S/C14H17FN2O3/c1-9-6-10(15)8-11(7-9)16-13(20)17-5-3-4-14(17,2)12(18)19/h6-8H,3-5H2,1-2H3,(H,16,20)(H,18,19). The first-order valence-electron chi connectivity index (χ1n) is 6.42. The summed E-state index contributed by atoms with van der Waals surface area (Å²) in [6, 6.07) is 3.68. The van der Waals surface area contributed by atoms with Crippen LogP contribution < -0.4 is 5.32 Å². The fourth-order valence-electron chi connectivity index (χ4n) is 2.51. The van der Waals surface area contributed by atoms with Crippen LogP contribution >= 0.6 is 0 Å². The molecule has 1 heterocycles. The number of aryl methyl sites for hydroxylation is 1. The van der Waals surface area contributed by atoms with Crippen LogP contribution in [-0.2, 0) is 4.79 Å². The lowest BCUT2D eigenvalue weighted by Crippen LogP contribution is -2.52.